The molecule has 0 aromatic heterocycles. The summed E-state index contributed by atoms with van der Waals surface area (Å²) in [5.41, 5.74) is 17.8. The first-order valence-electron chi connectivity index (χ1n) is 13.2. The molecule has 0 aromatic carbocycles. The van der Waals surface area contributed by atoms with Crippen LogP contribution in [0.4, 0.5) is 0 Å². The summed E-state index contributed by atoms with van der Waals surface area (Å²) in [6.07, 6.45) is -16.0. The zero-order valence-electron chi connectivity index (χ0n) is 25.0. The van der Waals surface area contributed by atoms with Crippen LogP contribution in [0.3, 0.4) is 0 Å². The number of azide groups is 2. The molecule has 0 aliphatic carbocycles. The van der Waals surface area contributed by atoms with Crippen molar-refractivity contribution in [2.75, 3.05) is 13.1 Å². The van der Waals surface area contributed by atoms with E-state index in [0.29, 0.717) is 0 Å². The van der Waals surface area contributed by atoms with E-state index in [9.17, 15) is 28.8 Å². The second kappa shape index (κ2) is 17.0. The van der Waals surface area contributed by atoms with Gasteiger partial charge in [0.2, 0.25) is 12.6 Å². The topological polar surface area (TPSA) is 283 Å². The van der Waals surface area contributed by atoms with Gasteiger partial charge in [0.1, 0.15) is 12.2 Å². The van der Waals surface area contributed by atoms with Gasteiger partial charge in [0, 0.05) is 51.4 Å². The molecule has 21 heteroatoms. The summed E-state index contributed by atoms with van der Waals surface area (Å²) in [4.78, 5) is 77.7. The van der Waals surface area contributed by atoms with Gasteiger partial charge in [0.15, 0.2) is 36.6 Å². The standard InChI is InChI=1S/C24H32N6O15/c1-9(31)37-17-15(7-27-29-25)43-23(21(41-13(5)35)19(17)39-11(3)33)45-24-22(42-14(6)36)20(40-12(4)34)18(38-10(2)32)16(44-24)8-28-30-26/h15-24H,7-8H2,1-6H3/t15-,16-,17-,18-,19-,20-,21-,22-,23-,24-/m1/s1. The third-order valence-electron chi connectivity index (χ3n) is 5.91. The number of esters is 6. The molecule has 0 unspecified atom stereocenters. The molecule has 2 saturated heterocycles. The molecule has 10 atom stereocenters. The third kappa shape index (κ3) is 10.8. The Bertz CT molecular complexity index is 1140. The summed E-state index contributed by atoms with van der Waals surface area (Å²) in [7, 11) is 0. The molecule has 2 aliphatic heterocycles. The Kier molecular flexibility index (Phi) is 13.8. The lowest BCUT2D eigenvalue weighted by Gasteiger charge is -2.48. The fourth-order valence-corrected chi connectivity index (χ4v) is 4.59. The minimum Gasteiger partial charge on any atom is -0.456 e. The van der Waals surface area contributed by atoms with Crippen LogP contribution in [-0.4, -0.2) is 110 Å². The number of hydrogen-bond donors (Lipinski definition) is 0. The fourth-order valence-electron chi connectivity index (χ4n) is 4.59. The number of nitrogens with zero attached hydrogens (tertiary/aromatic N) is 6. The van der Waals surface area contributed by atoms with Crippen molar-refractivity contribution in [1.82, 2.24) is 0 Å². The lowest BCUT2D eigenvalue weighted by atomic mass is 9.96. The highest BCUT2D eigenvalue weighted by molar-refractivity contribution is 5.69. The number of carbonyl (C=O) groups is 6. The van der Waals surface area contributed by atoms with Gasteiger partial charge in [-0.05, 0) is 11.1 Å². The first-order chi connectivity index (χ1) is 21.2. The maximum absolute atomic E-state index is 12.2. The highest BCUT2D eigenvalue weighted by Gasteiger charge is 2.57. The first kappa shape index (κ1) is 36.5. The predicted octanol–water partition coefficient (Wildman–Crippen LogP) is 0.664. The normalized spacial score (nSPS) is 30.6. The second-order valence-electron chi connectivity index (χ2n) is 9.49. The molecule has 21 nitrogen and oxygen atoms in total. The van der Waals surface area contributed by atoms with E-state index >= 15 is 0 Å². The molecule has 45 heavy (non-hydrogen) atoms. The lowest BCUT2D eigenvalue weighted by molar-refractivity contribution is -0.373. The molecule has 248 valence electrons. The molecule has 2 heterocycles. The average molecular weight is 645 g/mol. The maximum Gasteiger partial charge on any atom is 0.303 e. The van der Waals surface area contributed by atoms with E-state index in [4.69, 9.17) is 53.7 Å². The van der Waals surface area contributed by atoms with Gasteiger partial charge in [-0.15, -0.1) is 0 Å². The Morgan fingerprint density at radius 2 is 0.778 bits per heavy atom. The van der Waals surface area contributed by atoms with E-state index in [-0.39, 0.29) is 0 Å². The highest BCUT2D eigenvalue weighted by Crippen LogP contribution is 2.35. The van der Waals surface area contributed by atoms with Crippen LogP contribution in [0.5, 0.6) is 0 Å². The van der Waals surface area contributed by atoms with Crippen LogP contribution in [0.25, 0.3) is 20.9 Å². The summed E-state index contributed by atoms with van der Waals surface area (Å²) in [6.45, 7) is 5.10. The minimum absolute atomic E-state index is 0.512. The van der Waals surface area contributed by atoms with Crippen LogP contribution in [0.15, 0.2) is 10.2 Å². The summed E-state index contributed by atoms with van der Waals surface area (Å²) in [5.74, 6) is -5.39. The van der Waals surface area contributed by atoms with E-state index in [0.717, 1.165) is 41.5 Å². The van der Waals surface area contributed by atoms with Crippen LogP contribution in [-0.2, 0) is 71.4 Å². The molecule has 0 amide bonds. The van der Waals surface area contributed by atoms with Crippen molar-refractivity contribution in [2.24, 2.45) is 10.2 Å². The molecule has 2 aliphatic rings. The predicted molar refractivity (Wildman–Crippen MR) is 140 cm³/mol. The van der Waals surface area contributed by atoms with Crippen molar-refractivity contribution in [3.05, 3.63) is 20.9 Å². The number of ether oxygens (including phenoxy) is 9. The molecule has 0 radical (unpaired) electrons. The van der Waals surface area contributed by atoms with Crippen LogP contribution >= 0.6 is 0 Å². The molecule has 2 fully saturated rings. The average Bonchev–Trinajstić information content (AvgIpc) is 2.91. The third-order valence-corrected chi connectivity index (χ3v) is 5.91. The summed E-state index contributed by atoms with van der Waals surface area (Å²) >= 11 is 0. The monoisotopic (exact) mass is 644 g/mol. The van der Waals surface area contributed by atoms with Crippen LogP contribution in [0.1, 0.15) is 41.5 Å². The van der Waals surface area contributed by atoms with Crippen LogP contribution < -0.4 is 0 Å². The number of rotatable bonds is 12. The number of carbonyl (C=O) groups excluding carboxylic acids is 6. The van der Waals surface area contributed by atoms with Gasteiger partial charge in [-0.3, -0.25) is 28.8 Å². The van der Waals surface area contributed by atoms with Crippen molar-refractivity contribution in [3.8, 4) is 0 Å². The minimum atomic E-state index is -1.81. The molecule has 2 rings (SSSR count). The van der Waals surface area contributed by atoms with Gasteiger partial charge >= 0.3 is 35.8 Å². The summed E-state index contributed by atoms with van der Waals surface area (Å²) in [5, 5.41) is 6.85. The zero-order valence-corrected chi connectivity index (χ0v) is 25.0. The number of hydrogen-bond acceptors (Lipinski definition) is 17. The first-order valence-corrected chi connectivity index (χ1v) is 13.2. The second-order valence-corrected chi connectivity index (χ2v) is 9.49. The Balaban J connectivity index is 2.69. The Morgan fingerprint density at radius 1 is 0.511 bits per heavy atom. The summed E-state index contributed by atoms with van der Waals surface area (Å²) in [6, 6.07) is 0. The van der Waals surface area contributed by atoms with Gasteiger partial charge < -0.3 is 42.6 Å². The van der Waals surface area contributed by atoms with Crippen LogP contribution in [0.2, 0.25) is 0 Å². The van der Waals surface area contributed by atoms with Gasteiger partial charge in [-0.1, -0.05) is 10.2 Å². The highest BCUT2D eigenvalue weighted by atomic mass is 16.8. The molecule has 0 saturated carbocycles. The largest absolute Gasteiger partial charge is 0.456 e. The van der Waals surface area contributed by atoms with Gasteiger partial charge in [-0.25, -0.2) is 0 Å². The quantitative estimate of drug-likeness (QED) is 0.0927. The molecule has 0 spiro atoms. The SMILES string of the molecule is CC(=O)O[C@H]1[C@@H](OC(C)=O)[C@@H](O[C@H]2O[C@H](CN=[N+]=[N-])[C@@H](OC(C)=O)[C@@H](OC(C)=O)[C@H]2OC(C)=O)O[C@H](CN=[N+]=[N-])[C@H]1OC(C)=O. The van der Waals surface area contributed by atoms with Gasteiger partial charge in [0.05, 0.1) is 13.1 Å². The molecular weight excluding hydrogens is 612 g/mol. The Morgan fingerprint density at radius 3 is 1.04 bits per heavy atom. The molecule has 0 bridgehead atoms. The Hall–Kier alpha value is -4.68. The molecule has 0 aromatic rings. The van der Waals surface area contributed by atoms with Crippen molar-refractivity contribution < 1.29 is 71.4 Å². The van der Waals surface area contributed by atoms with E-state index in [2.05, 4.69) is 20.1 Å². The van der Waals surface area contributed by atoms with Gasteiger partial charge in [-0.2, -0.15) is 0 Å². The van der Waals surface area contributed by atoms with Crippen molar-refractivity contribution in [1.29, 1.82) is 0 Å². The van der Waals surface area contributed by atoms with Gasteiger partial charge in [0.25, 0.3) is 0 Å². The Labute approximate surface area is 254 Å². The summed E-state index contributed by atoms with van der Waals surface area (Å²) < 4.78 is 49.7. The zero-order chi connectivity index (χ0) is 33.8. The van der Waals surface area contributed by atoms with E-state index in [1.807, 2.05) is 0 Å². The molecular formula is C24H32N6O15. The fraction of sp³-hybridized carbons (Fsp3) is 0.750. The van der Waals surface area contributed by atoms with Crippen LogP contribution in [0, 0.1) is 0 Å². The lowest BCUT2D eigenvalue weighted by Crippen LogP contribution is -2.66. The molecule has 0 N–H and O–H groups in total. The smallest absolute Gasteiger partial charge is 0.303 e. The maximum atomic E-state index is 12.2. The van der Waals surface area contributed by atoms with E-state index < -0.39 is 110 Å². The van der Waals surface area contributed by atoms with Crippen molar-refractivity contribution >= 4 is 35.8 Å². The van der Waals surface area contributed by atoms with E-state index in [1.54, 1.807) is 0 Å². The van der Waals surface area contributed by atoms with E-state index in [1.165, 1.54) is 0 Å². The van der Waals surface area contributed by atoms with Crippen molar-refractivity contribution in [3.63, 3.8) is 0 Å². The van der Waals surface area contributed by atoms with Crippen molar-refractivity contribution in [2.45, 2.75) is 103 Å².